The van der Waals surface area contributed by atoms with Crippen LogP contribution in [0, 0.1) is 11.7 Å². The molecular weight excluding hydrogens is 347 g/mol. The summed E-state index contributed by atoms with van der Waals surface area (Å²) < 4.78 is 19.4. The lowest BCUT2D eigenvalue weighted by Crippen LogP contribution is -2.58. The monoisotopic (exact) mass is 376 g/mol. The number of carbonyl (C=O) groups is 2. The van der Waals surface area contributed by atoms with Gasteiger partial charge in [0, 0.05) is 11.1 Å². The van der Waals surface area contributed by atoms with Crippen LogP contribution in [0.15, 0.2) is 24.3 Å². The molecule has 1 aliphatic heterocycles. The van der Waals surface area contributed by atoms with E-state index in [1.54, 1.807) is 4.90 Å². The predicted molar refractivity (Wildman–Crippen MR) is 101 cm³/mol. The van der Waals surface area contributed by atoms with Crippen LogP contribution in [0.5, 0.6) is 0 Å². The van der Waals surface area contributed by atoms with Crippen molar-refractivity contribution >= 4 is 11.8 Å². The van der Waals surface area contributed by atoms with Gasteiger partial charge in [-0.1, -0.05) is 6.92 Å². The summed E-state index contributed by atoms with van der Waals surface area (Å²) >= 11 is 0. The third-order valence-electron chi connectivity index (χ3n) is 5.43. The average molecular weight is 376 g/mol. The van der Waals surface area contributed by atoms with E-state index in [1.165, 1.54) is 24.3 Å². The largest absolute Gasteiger partial charge is 0.353 e. The zero-order valence-corrected chi connectivity index (χ0v) is 16.5. The Morgan fingerprint density at radius 3 is 2.33 bits per heavy atom. The number of amides is 2. The minimum absolute atomic E-state index is 0.184. The molecule has 148 valence electrons. The fourth-order valence-corrected chi connectivity index (χ4v) is 3.96. The van der Waals surface area contributed by atoms with Crippen LogP contribution in [0.1, 0.15) is 63.7 Å². The topological polar surface area (TPSA) is 58.6 Å². The molecule has 0 bridgehead atoms. The maximum atomic E-state index is 13.3. The van der Waals surface area contributed by atoms with E-state index in [-0.39, 0.29) is 18.4 Å². The lowest BCUT2D eigenvalue weighted by atomic mass is 9.83. The van der Waals surface area contributed by atoms with E-state index in [1.807, 2.05) is 20.8 Å². The maximum absolute atomic E-state index is 13.3. The lowest BCUT2D eigenvalue weighted by Gasteiger charge is -2.43. The molecular formula is C21H29FN2O3. The molecule has 1 aromatic carbocycles. The van der Waals surface area contributed by atoms with Gasteiger partial charge < -0.3 is 10.1 Å². The van der Waals surface area contributed by atoms with Gasteiger partial charge in [-0.15, -0.1) is 0 Å². The molecule has 0 aromatic heterocycles. The first-order chi connectivity index (χ1) is 12.6. The van der Waals surface area contributed by atoms with Gasteiger partial charge in [0.05, 0.1) is 6.61 Å². The first-order valence-electron chi connectivity index (χ1n) is 9.66. The van der Waals surface area contributed by atoms with Crippen molar-refractivity contribution in [1.82, 2.24) is 10.2 Å². The second-order valence-corrected chi connectivity index (χ2v) is 8.88. The van der Waals surface area contributed by atoms with Crippen molar-refractivity contribution in [2.75, 3.05) is 6.61 Å². The van der Waals surface area contributed by atoms with Gasteiger partial charge in [0.1, 0.15) is 17.6 Å². The van der Waals surface area contributed by atoms with Gasteiger partial charge in [0.2, 0.25) is 5.91 Å². The smallest absolute Gasteiger partial charge is 0.256 e. The van der Waals surface area contributed by atoms with Crippen LogP contribution in [0.2, 0.25) is 0 Å². The summed E-state index contributed by atoms with van der Waals surface area (Å²) in [5, 5.41) is 2.96. The van der Waals surface area contributed by atoms with E-state index in [2.05, 4.69) is 12.2 Å². The molecule has 6 heteroatoms. The van der Waals surface area contributed by atoms with Gasteiger partial charge in [-0.05, 0) is 76.6 Å². The molecule has 1 aromatic rings. The molecule has 1 aliphatic carbocycles. The molecule has 1 heterocycles. The highest BCUT2D eigenvalue weighted by molar-refractivity contribution is 5.98. The number of nitrogens with zero attached hydrogens (tertiary/aromatic N) is 1. The van der Waals surface area contributed by atoms with E-state index in [4.69, 9.17) is 4.74 Å². The van der Waals surface area contributed by atoms with Crippen LogP contribution in [-0.4, -0.2) is 40.6 Å². The van der Waals surface area contributed by atoms with Gasteiger partial charge >= 0.3 is 0 Å². The molecule has 5 nitrogen and oxygen atoms in total. The number of halogens is 1. The second-order valence-electron chi connectivity index (χ2n) is 8.88. The third kappa shape index (κ3) is 4.15. The van der Waals surface area contributed by atoms with Crippen LogP contribution < -0.4 is 5.32 Å². The molecule has 1 saturated heterocycles. The van der Waals surface area contributed by atoms with E-state index in [0.717, 1.165) is 12.8 Å². The van der Waals surface area contributed by atoms with E-state index in [0.29, 0.717) is 24.3 Å². The third-order valence-corrected chi connectivity index (χ3v) is 5.43. The Bertz CT molecular complexity index is 703. The highest BCUT2D eigenvalue weighted by Gasteiger charge is 2.53. The Kier molecular flexibility index (Phi) is 5.30. The van der Waals surface area contributed by atoms with E-state index < -0.39 is 23.1 Å². The number of hydrogen-bond donors (Lipinski definition) is 1. The van der Waals surface area contributed by atoms with Crippen molar-refractivity contribution in [3.8, 4) is 0 Å². The highest BCUT2D eigenvalue weighted by atomic mass is 19.1. The lowest BCUT2D eigenvalue weighted by molar-refractivity contribution is -0.129. The molecule has 1 unspecified atom stereocenters. The zero-order chi connectivity index (χ0) is 19.8. The SMILES string of the molecule is CC1CCC2(CC1)OCC(C(=O)NC(C)(C)C)N2C(=O)c1ccc(F)cc1. The molecule has 3 rings (SSSR count). The summed E-state index contributed by atoms with van der Waals surface area (Å²) in [6, 6.07) is 4.78. The van der Waals surface area contributed by atoms with Crippen LogP contribution in [0.25, 0.3) is 0 Å². The Morgan fingerprint density at radius 2 is 1.78 bits per heavy atom. The Balaban J connectivity index is 1.93. The van der Waals surface area contributed by atoms with Crippen molar-refractivity contribution < 1.29 is 18.7 Å². The number of hydrogen-bond acceptors (Lipinski definition) is 3. The van der Waals surface area contributed by atoms with E-state index in [9.17, 15) is 14.0 Å². The summed E-state index contributed by atoms with van der Waals surface area (Å²) in [7, 11) is 0. The molecule has 1 N–H and O–H groups in total. The quantitative estimate of drug-likeness (QED) is 0.860. The normalized spacial score (nSPS) is 28.4. The summed E-state index contributed by atoms with van der Waals surface area (Å²) in [6.07, 6.45) is 3.31. The van der Waals surface area contributed by atoms with Crippen LogP contribution in [0.4, 0.5) is 4.39 Å². The summed E-state index contributed by atoms with van der Waals surface area (Å²) in [4.78, 5) is 27.9. The minimum atomic E-state index is -0.752. The first-order valence-corrected chi connectivity index (χ1v) is 9.66. The standard InChI is InChI=1S/C21H29FN2O3/c1-14-9-11-21(12-10-14)24(19(26)15-5-7-16(22)8-6-15)17(13-27-21)18(25)23-20(2,3)4/h5-8,14,17H,9-13H2,1-4H3,(H,23,25). The van der Waals surface area contributed by atoms with Gasteiger partial charge in [0.25, 0.3) is 5.91 Å². The minimum Gasteiger partial charge on any atom is -0.353 e. The highest BCUT2D eigenvalue weighted by Crippen LogP contribution is 2.43. The van der Waals surface area contributed by atoms with Gasteiger partial charge in [0.15, 0.2) is 0 Å². The van der Waals surface area contributed by atoms with Crippen molar-refractivity contribution in [3.05, 3.63) is 35.6 Å². The number of carbonyl (C=O) groups excluding carboxylic acids is 2. The molecule has 2 amide bonds. The number of benzene rings is 1. The molecule has 2 fully saturated rings. The Labute approximate surface area is 160 Å². The van der Waals surface area contributed by atoms with Crippen molar-refractivity contribution in [3.63, 3.8) is 0 Å². The number of rotatable bonds is 2. The molecule has 1 spiro atoms. The Hall–Kier alpha value is -1.95. The second kappa shape index (κ2) is 7.23. The van der Waals surface area contributed by atoms with Crippen molar-refractivity contribution in [1.29, 1.82) is 0 Å². The van der Waals surface area contributed by atoms with Gasteiger partial charge in [-0.3, -0.25) is 14.5 Å². The fraction of sp³-hybridized carbons (Fsp3) is 0.619. The van der Waals surface area contributed by atoms with Crippen LogP contribution >= 0.6 is 0 Å². The Morgan fingerprint density at radius 1 is 1.19 bits per heavy atom. The first kappa shape index (κ1) is 19.8. The predicted octanol–water partition coefficient (Wildman–Crippen LogP) is 3.49. The number of ether oxygens (including phenoxy) is 1. The van der Waals surface area contributed by atoms with Crippen LogP contribution in [-0.2, 0) is 9.53 Å². The van der Waals surface area contributed by atoms with Gasteiger partial charge in [-0.2, -0.15) is 0 Å². The molecule has 27 heavy (non-hydrogen) atoms. The summed E-state index contributed by atoms with van der Waals surface area (Å²) in [6.45, 7) is 8.10. The average Bonchev–Trinajstić information content (AvgIpc) is 2.95. The molecule has 0 radical (unpaired) electrons. The number of nitrogens with one attached hydrogen (secondary N) is 1. The zero-order valence-electron chi connectivity index (χ0n) is 16.5. The van der Waals surface area contributed by atoms with Crippen molar-refractivity contribution in [2.45, 2.75) is 70.7 Å². The molecule has 1 atom stereocenters. The maximum Gasteiger partial charge on any atom is 0.256 e. The molecule has 1 saturated carbocycles. The van der Waals surface area contributed by atoms with Crippen LogP contribution in [0.3, 0.4) is 0 Å². The van der Waals surface area contributed by atoms with Gasteiger partial charge in [-0.25, -0.2) is 4.39 Å². The molecule has 2 aliphatic rings. The summed E-state index contributed by atoms with van der Waals surface area (Å²) in [5.74, 6) is -0.318. The fourth-order valence-electron chi connectivity index (χ4n) is 3.96. The summed E-state index contributed by atoms with van der Waals surface area (Å²) in [5.41, 5.74) is -0.787. The van der Waals surface area contributed by atoms with E-state index >= 15 is 0 Å². The van der Waals surface area contributed by atoms with Crippen molar-refractivity contribution in [2.24, 2.45) is 5.92 Å².